The van der Waals surface area contributed by atoms with E-state index in [-0.39, 0.29) is 0 Å². The van der Waals surface area contributed by atoms with Crippen LogP contribution in [0.1, 0.15) is 44.5 Å². The number of aromatic nitrogens is 1. The Bertz CT molecular complexity index is 3490. The summed E-state index contributed by atoms with van der Waals surface area (Å²) in [5.74, 6) is 0. The molecule has 1 heteroatoms. The smallest absolute Gasteiger partial charge is 0.0712 e. The molecule has 11 aromatic rings. The largest absolute Gasteiger partial charge is 0.309 e. The van der Waals surface area contributed by atoms with Gasteiger partial charge in [-0.1, -0.05) is 212 Å². The minimum atomic E-state index is -0.614. The lowest BCUT2D eigenvalue weighted by atomic mass is 9.44. The van der Waals surface area contributed by atoms with Crippen molar-refractivity contribution < 1.29 is 0 Å². The van der Waals surface area contributed by atoms with Gasteiger partial charge in [0, 0.05) is 16.5 Å². The number of nitrogens with zero attached hydrogens (tertiary/aromatic N) is 1. The van der Waals surface area contributed by atoms with Crippen molar-refractivity contribution in [2.45, 2.75) is 10.8 Å². The molecule has 3 aliphatic carbocycles. The van der Waals surface area contributed by atoms with Gasteiger partial charge in [0.25, 0.3) is 0 Å². The normalized spacial score (nSPS) is 17.0. The number of hydrogen-bond donors (Lipinski definition) is 0. The molecule has 0 saturated heterocycles. The molecule has 1 nitrogen and oxygen atoms in total. The van der Waals surface area contributed by atoms with Crippen LogP contribution < -0.4 is 0 Å². The number of hydrogen-bond acceptors (Lipinski definition) is 0. The molecule has 10 aromatic carbocycles. The summed E-state index contributed by atoms with van der Waals surface area (Å²) in [6.07, 6.45) is 0. The Hall–Kier alpha value is -8.00. The Morgan fingerprint density at radius 2 is 0.619 bits per heavy atom. The molecule has 294 valence electrons. The Balaban J connectivity index is 1.13. The first-order valence-corrected chi connectivity index (χ1v) is 22.0. The molecule has 0 spiro atoms. The minimum Gasteiger partial charge on any atom is -0.309 e. The Kier molecular flexibility index (Phi) is 7.80. The van der Waals surface area contributed by atoms with Crippen molar-refractivity contribution in [3.63, 3.8) is 0 Å². The molecule has 1 aromatic heterocycles. The van der Waals surface area contributed by atoms with Gasteiger partial charge in [0.05, 0.1) is 21.9 Å². The maximum atomic E-state index is 2.53. The zero-order chi connectivity index (χ0) is 41.5. The maximum absolute atomic E-state index is 2.53. The van der Waals surface area contributed by atoms with Gasteiger partial charge in [0.15, 0.2) is 0 Å². The fraction of sp³-hybridized carbons (Fsp3) is 0.0323. The first-order chi connectivity index (χ1) is 31.2. The topological polar surface area (TPSA) is 4.93 Å². The van der Waals surface area contributed by atoms with Crippen molar-refractivity contribution in [3.8, 4) is 39.1 Å². The third-order valence-electron chi connectivity index (χ3n) is 14.1. The van der Waals surface area contributed by atoms with Crippen LogP contribution in [0.4, 0.5) is 0 Å². The van der Waals surface area contributed by atoms with Crippen molar-refractivity contribution in [2.75, 3.05) is 0 Å². The summed E-state index contributed by atoms with van der Waals surface area (Å²) in [6.45, 7) is 0. The lowest BCUT2D eigenvalue weighted by molar-refractivity contribution is 0.557. The predicted octanol–water partition coefficient (Wildman–Crippen LogP) is 15.2. The first kappa shape index (κ1) is 35.7. The summed E-state index contributed by atoms with van der Waals surface area (Å²) >= 11 is 0. The molecule has 0 amide bonds. The van der Waals surface area contributed by atoms with E-state index in [1.165, 1.54) is 99.7 Å². The van der Waals surface area contributed by atoms with E-state index in [4.69, 9.17) is 0 Å². The average Bonchev–Trinajstić information content (AvgIpc) is 3.71. The molecule has 63 heavy (non-hydrogen) atoms. The summed E-state index contributed by atoms with van der Waals surface area (Å²) in [7, 11) is 0. The van der Waals surface area contributed by atoms with E-state index in [1.807, 2.05) is 0 Å². The van der Waals surface area contributed by atoms with Gasteiger partial charge in [-0.05, 0) is 114 Å². The van der Waals surface area contributed by atoms with E-state index in [9.17, 15) is 0 Å². The van der Waals surface area contributed by atoms with Gasteiger partial charge in [-0.2, -0.15) is 0 Å². The van der Waals surface area contributed by atoms with Gasteiger partial charge in [-0.3, -0.25) is 0 Å². The van der Waals surface area contributed by atoms with Crippen LogP contribution in [0.5, 0.6) is 0 Å². The van der Waals surface area contributed by atoms with Crippen LogP contribution >= 0.6 is 0 Å². The van der Waals surface area contributed by atoms with Gasteiger partial charge < -0.3 is 4.57 Å². The predicted molar refractivity (Wildman–Crippen MR) is 261 cm³/mol. The molecule has 1 heterocycles. The van der Waals surface area contributed by atoms with Crippen molar-refractivity contribution in [3.05, 3.63) is 293 Å². The van der Waals surface area contributed by atoms with E-state index in [0.29, 0.717) is 0 Å². The van der Waals surface area contributed by atoms with Crippen LogP contribution in [0.2, 0.25) is 0 Å². The molecule has 0 fully saturated rings. The molecular weight excluding hydrogens is 759 g/mol. The average molecular weight is 800 g/mol. The van der Waals surface area contributed by atoms with Gasteiger partial charge in [-0.25, -0.2) is 0 Å². The summed E-state index contributed by atoms with van der Waals surface area (Å²) in [6, 6.07) is 93.0. The van der Waals surface area contributed by atoms with Crippen LogP contribution in [0, 0.1) is 0 Å². The highest BCUT2D eigenvalue weighted by Gasteiger charge is 2.60. The SMILES string of the molecule is c1ccc(-c2ccc(-c3ccc4c(c3)[C@]3(c5ccccc5)c5ccccc5[C@@]4(c4cccc(-n5c6ccccc6c6ccccc65)c4)c4ccc(-c5ccccc5)cc43)cc2)cc1. The Morgan fingerprint density at radius 1 is 0.238 bits per heavy atom. The molecular formula is C62H41N. The summed E-state index contributed by atoms with van der Waals surface area (Å²) < 4.78 is 2.46. The second-order valence-electron chi connectivity index (χ2n) is 17.2. The van der Waals surface area contributed by atoms with Crippen LogP contribution in [-0.2, 0) is 10.8 Å². The van der Waals surface area contributed by atoms with Gasteiger partial charge in [-0.15, -0.1) is 0 Å². The summed E-state index contributed by atoms with van der Waals surface area (Å²) in [4.78, 5) is 0. The van der Waals surface area contributed by atoms with E-state index in [1.54, 1.807) is 0 Å². The lowest BCUT2D eigenvalue weighted by Gasteiger charge is -2.57. The van der Waals surface area contributed by atoms with E-state index in [0.717, 1.165) is 5.69 Å². The highest BCUT2D eigenvalue weighted by atomic mass is 15.0. The van der Waals surface area contributed by atoms with Gasteiger partial charge in [0.1, 0.15) is 0 Å². The van der Waals surface area contributed by atoms with E-state index < -0.39 is 10.8 Å². The number of benzene rings is 10. The zero-order valence-electron chi connectivity index (χ0n) is 34.6. The van der Waals surface area contributed by atoms with Crippen molar-refractivity contribution >= 4 is 21.8 Å². The molecule has 2 bridgehead atoms. The third-order valence-corrected chi connectivity index (χ3v) is 14.1. The van der Waals surface area contributed by atoms with Gasteiger partial charge >= 0.3 is 0 Å². The monoisotopic (exact) mass is 799 g/mol. The van der Waals surface area contributed by atoms with Crippen molar-refractivity contribution in [2.24, 2.45) is 0 Å². The molecule has 3 aliphatic rings. The molecule has 14 rings (SSSR count). The highest BCUT2D eigenvalue weighted by molar-refractivity contribution is 6.09. The Morgan fingerprint density at radius 3 is 1.17 bits per heavy atom. The fourth-order valence-corrected chi connectivity index (χ4v) is 11.5. The lowest BCUT2D eigenvalue weighted by Crippen LogP contribution is -2.52. The molecule has 2 atom stereocenters. The van der Waals surface area contributed by atoms with Gasteiger partial charge in [0.2, 0.25) is 0 Å². The summed E-state index contributed by atoms with van der Waals surface area (Å²) in [5.41, 5.74) is 20.2. The van der Waals surface area contributed by atoms with Crippen LogP contribution in [0.25, 0.3) is 60.9 Å². The van der Waals surface area contributed by atoms with E-state index >= 15 is 0 Å². The molecule has 0 radical (unpaired) electrons. The zero-order valence-corrected chi connectivity index (χ0v) is 34.6. The molecule has 0 N–H and O–H groups in total. The van der Waals surface area contributed by atoms with Crippen LogP contribution in [-0.4, -0.2) is 4.57 Å². The van der Waals surface area contributed by atoms with Crippen molar-refractivity contribution in [1.82, 2.24) is 4.57 Å². The highest BCUT2D eigenvalue weighted by Crippen LogP contribution is 2.67. The fourth-order valence-electron chi connectivity index (χ4n) is 11.5. The number of fused-ring (bicyclic) bond motifs is 3. The van der Waals surface area contributed by atoms with Crippen LogP contribution in [0.15, 0.2) is 249 Å². The number of rotatable bonds is 6. The number of para-hydroxylation sites is 2. The molecule has 0 aliphatic heterocycles. The quantitative estimate of drug-likeness (QED) is 0.158. The second-order valence-corrected chi connectivity index (χ2v) is 17.2. The Labute approximate surface area is 367 Å². The van der Waals surface area contributed by atoms with Crippen LogP contribution in [0.3, 0.4) is 0 Å². The minimum absolute atomic E-state index is 0.584. The van der Waals surface area contributed by atoms with E-state index in [2.05, 4.69) is 253 Å². The summed E-state index contributed by atoms with van der Waals surface area (Å²) in [5, 5.41) is 2.52. The second kappa shape index (κ2) is 13.8. The molecule has 0 unspecified atom stereocenters. The molecule has 0 saturated carbocycles. The maximum Gasteiger partial charge on any atom is 0.0712 e. The standard InChI is InChI=1S/C62H41N/c1-4-17-42(18-5-1)44-31-33-45(34-32-44)47-36-38-56-58(40-47)61(48-21-8-3-9-22-48)53-27-12-13-28-54(53)62(56,55-37-35-46(39-57(55)61)43-19-6-2-7-20-43)49-23-16-24-50(41-49)63-59-29-14-10-25-51(59)52-26-11-15-30-60(52)63/h1-41H/t61-,62+/m1/s1. The van der Waals surface area contributed by atoms with Crippen molar-refractivity contribution in [1.29, 1.82) is 0 Å². The first-order valence-electron chi connectivity index (χ1n) is 22.0. The third kappa shape index (κ3) is 4.99.